The predicted octanol–water partition coefficient (Wildman–Crippen LogP) is 1.79. The molecule has 0 radical (unpaired) electrons. The highest BCUT2D eigenvalue weighted by molar-refractivity contribution is 6.16. The highest BCUT2D eigenvalue weighted by Crippen LogP contribution is 2.11. The van der Waals surface area contributed by atoms with Gasteiger partial charge in [-0.3, -0.25) is 0 Å². The van der Waals surface area contributed by atoms with E-state index in [-0.39, 0.29) is 24.0 Å². The fraction of sp³-hybridized carbons (Fsp3) is 1.00. The Morgan fingerprint density at radius 3 is 1.59 bits per heavy atom. The first-order valence-corrected chi connectivity index (χ1v) is 7.54. The summed E-state index contributed by atoms with van der Waals surface area (Å²) in [6, 6.07) is 0.733. The number of alkyl halides is 1. The maximum Gasteiger partial charge on any atom is 0.154 e. The van der Waals surface area contributed by atoms with Crippen LogP contribution in [0.1, 0.15) is 64.7 Å². The van der Waals surface area contributed by atoms with Gasteiger partial charge in [-0.25, -0.2) is 0 Å². The summed E-state index contributed by atoms with van der Waals surface area (Å²) in [4.78, 5) is 0. The minimum absolute atomic E-state index is 0. The van der Waals surface area contributed by atoms with E-state index in [9.17, 15) is 0 Å². The van der Waals surface area contributed by atoms with Gasteiger partial charge in [0.05, 0.1) is 20.6 Å². The molecule has 0 fully saturated rings. The second kappa shape index (κ2) is 13.4. The molecule has 1 nitrogen and oxygen atoms in total. The van der Waals surface area contributed by atoms with Crippen molar-refractivity contribution in [2.75, 3.05) is 26.6 Å². The molecule has 0 atom stereocenters. The van der Waals surface area contributed by atoms with Crippen LogP contribution < -0.4 is 24.0 Å². The Labute approximate surface area is 131 Å². The molecule has 0 aliphatic carbocycles. The third-order valence-electron chi connectivity index (χ3n) is 3.19. The molecule has 0 rings (SSSR count). The van der Waals surface area contributed by atoms with Crippen molar-refractivity contribution in [1.29, 1.82) is 0 Å². The minimum atomic E-state index is 0. The highest BCUT2D eigenvalue weighted by Gasteiger charge is 2.11. The maximum absolute atomic E-state index is 5.88. The van der Waals surface area contributed by atoms with Crippen molar-refractivity contribution in [2.45, 2.75) is 64.7 Å². The zero-order chi connectivity index (χ0) is 12.3. The molecule has 0 bridgehead atoms. The lowest BCUT2D eigenvalue weighted by molar-refractivity contribution is -0.879. The number of rotatable bonds is 11. The third-order valence-corrected chi connectivity index (χ3v) is 3.84. The number of hydrogen-bond donors (Lipinski definition) is 0. The van der Waals surface area contributed by atoms with Crippen molar-refractivity contribution in [3.8, 4) is 0 Å². The van der Waals surface area contributed by atoms with E-state index < -0.39 is 0 Å². The van der Waals surface area contributed by atoms with Crippen LogP contribution in [0.2, 0.25) is 0 Å². The fourth-order valence-electron chi connectivity index (χ4n) is 1.91. The summed E-state index contributed by atoms with van der Waals surface area (Å²) in [5, 5.41) is 0. The van der Waals surface area contributed by atoms with Gasteiger partial charge in [0.1, 0.15) is 0 Å². The van der Waals surface area contributed by atoms with E-state index in [1.807, 2.05) is 0 Å². The second-order valence-electron chi connectivity index (χ2n) is 5.61. The van der Waals surface area contributed by atoms with Gasteiger partial charge in [-0.1, -0.05) is 63.5 Å². The largest absolute Gasteiger partial charge is 1.00 e. The Kier molecular flexibility index (Phi) is 16.0. The molecule has 0 amide bonds. The van der Waals surface area contributed by atoms with Crippen LogP contribution >= 0.6 is 11.6 Å². The topological polar surface area (TPSA) is 0 Å². The quantitative estimate of drug-likeness (QED) is 0.170. The predicted molar refractivity (Wildman–Crippen MR) is 74.9 cm³/mol. The molecule has 0 aliphatic rings. The monoisotopic (exact) mass is 375 g/mol. The Morgan fingerprint density at radius 1 is 0.765 bits per heavy atom. The van der Waals surface area contributed by atoms with Crippen molar-refractivity contribution in [3.63, 3.8) is 0 Å². The summed E-state index contributed by atoms with van der Waals surface area (Å²) in [6.45, 7) is 3.50. The Bertz CT molecular complexity index is 151. The zero-order valence-electron chi connectivity index (χ0n) is 12.0. The molecule has 106 valence electrons. The van der Waals surface area contributed by atoms with Gasteiger partial charge >= 0.3 is 0 Å². The average Bonchev–Trinajstić information content (AvgIpc) is 2.27. The lowest BCUT2D eigenvalue weighted by Crippen LogP contribution is -3.00. The molecule has 0 unspecified atom stereocenters. The van der Waals surface area contributed by atoms with Crippen LogP contribution in [0.15, 0.2) is 0 Å². The van der Waals surface area contributed by atoms with Crippen LogP contribution in [-0.2, 0) is 0 Å². The van der Waals surface area contributed by atoms with Gasteiger partial charge in [0.25, 0.3) is 0 Å². The Balaban J connectivity index is 0. The normalized spacial score (nSPS) is 11.3. The molecule has 3 heteroatoms. The Morgan fingerprint density at radius 2 is 1.18 bits per heavy atom. The van der Waals surface area contributed by atoms with Crippen LogP contribution in [0.25, 0.3) is 0 Å². The fourth-order valence-corrected chi connectivity index (χ4v) is 2.03. The van der Waals surface area contributed by atoms with Gasteiger partial charge in [-0.15, -0.1) is 0 Å². The van der Waals surface area contributed by atoms with Crippen LogP contribution in [0, 0.1) is 0 Å². The summed E-state index contributed by atoms with van der Waals surface area (Å²) in [7, 11) is 4.41. The van der Waals surface area contributed by atoms with E-state index in [4.69, 9.17) is 11.6 Å². The first-order chi connectivity index (χ1) is 7.62. The third kappa shape index (κ3) is 14.9. The zero-order valence-corrected chi connectivity index (χ0v) is 14.9. The lowest BCUT2D eigenvalue weighted by Gasteiger charge is -2.26. The van der Waals surface area contributed by atoms with Crippen molar-refractivity contribution in [2.24, 2.45) is 0 Å². The summed E-state index contributed by atoms with van der Waals surface area (Å²) >= 11 is 5.88. The molecule has 0 N–H and O–H groups in total. The van der Waals surface area contributed by atoms with Gasteiger partial charge in [-0.05, 0) is 12.8 Å². The summed E-state index contributed by atoms with van der Waals surface area (Å²) in [5.41, 5.74) is 0. The van der Waals surface area contributed by atoms with Gasteiger partial charge in [-0.2, -0.15) is 0 Å². The van der Waals surface area contributed by atoms with Gasteiger partial charge in [0.2, 0.25) is 0 Å². The molecule has 0 spiro atoms. The summed E-state index contributed by atoms with van der Waals surface area (Å²) in [5.74, 6) is 0. The van der Waals surface area contributed by atoms with Crippen molar-refractivity contribution in [1.82, 2.24) is 0 Å². The maximum atomic E-state index is 5.88. The molecule has 0 aromatic carbocycles. The van der Waals surface area contributed by atoms with Crippen LogP contribution in [-0.4, -0.2) is 31.1 Å². The highest BCUT2D eigenvalue weighted by atomic mass is 127. The molecule has 0 aromatic heterocycles. The summed E-state index contributed by atoms with van der Waals surface area (Å²) in [6.07, 6.45) is 12.6. The van der Waals surface area contributed by atoms with E-state index in [0.29, 0.717) is 0 Å². The molecule has 0 heterocycles. The van der Waals surface area contributed by atoms with Gasteiger partial charge < -0.3 is 28.5 Å². The van der Waals surface area contributed by atoms with Crippen LogP contribution in [0.5, 0.6) is 0 Å². The van der Waals surface area contributed by atoms with E-state index in [1.54, 1.807) is 0 Å². The first kappa shape index (κ1) is 20.3. The molecular formula is C14H31ClIN. The molecule has 0 saturated heterocycles. The van der Waals surface area contributed by atoms with Crippen molar-refractivity contribution in [3.05, 3.63) is 0 Å². The van der Waals surface area contributed by atoms with E-state index in [0.717, 1.165) is 10.5 Å². The number of quaternary nitrogens is 1. The Hall–Kier alpha value is 0.980. The molecular weight excluding hydrogens is 345 g/mol. The van der Waals surface area contributed by atoms with Crippen molar-refractivity contribution >= 4 is 11.6 Å². The number of halogens is 2. The van der Waals surface area contributed by atoms with E-state index in [2.05, 4.69) is 21.0 Å². The standard InChI is InChI=1S/C14H31ClN.HI/c1-4-5-6-7-8-9-10-11-12-13-16(2,3)14-15;/h4-14H2,1-3H3;1H/q+1;/p-1. The molecule has 0 saturated carbocycles. The van der Waals surface area contributed by atoms with E-state index in [1.165, 1.54) is 64.3 Å². The molecule has 17 heavy (non-hydrogen) atoms. The van der Waals surface area contributed by atoms with Crippen LogP contribution in [0.4, 0.5) is 0 Å². The van der Waals surface area contributed by atoms with Gasteiger partial charge in [0.15, 0.2) is 6.00 Å². The number of hydrogen-bond acceptors (Lipinski definition) is 0. The second-order valence-corrected chi connectivity index (χ2v) is 5.85. The molecule has 0 aromatic rings. The average molecular weight is 376 g/mol. The number of unbranched alkanes of at least 4 members (excludes halogenated alkanes) is 8. The number of nitrogens with zero attached hydrogens (tertiary/aromatic N) is 1. The summed E-state index contributed by atoms with van der Waals surface area (Å²) < 4.78 is 0.956. The van der Waals surface area contributed by atoms with Crippen molar-refractivity contribution < 1.29 is 28.5 Å². The first-order valence-electron chi connectivity index (χ1n) is 7.00. The molecule has 0 aliphatic heterocycles. The smallest absolute Gasteiger partial charge is 0.154 e. The van der Waals surface area contributed by atoms with E-state index >= 15 is 0 Å². The van der Waals surface area contributed by atoms with Gasteiger partial charge in [0, 0.05) is 0 Å². The van der Waals surface area contributed by atoms with Crippen LogP contribution in [0.3, 0.4) is 0 Å². The lowest BCUT2D eigenvalue weighted by atomic mass is 10.1. The minimum Gasteiger partial charge on any atom is -1.00 e. The SMILES string of the molecule is CCCCCCCCCCC[N+](C)(C)CCl.[I-].